The minimum absolute atomic E-state index is 0.0982. The van der Waals surface area contributed by atoms with Gasteiger partial charge in [-0.2, -0.15) is 0 Å². The molecule has 3 fully saturated rings. The highest BCUT2D eigenvalue weighted by molar-refractivity contribution is 7.20. The number of nitrogens with zero attached hydrogens (tertiary/aromatic N) is 3. The highest BCUT2D eigenvalue weighted by atomic mass is 35.5. The maximum absolute atomic E-state index is 13.8. The second-order valence-corrected chi connectivity index (χ2v) is 12.5. The molecule has 1 aliphatic carbocycles. The lowest BCUT2D eigenvalue weighted by Gasteiger charge is -2.43. The van der Waals surface area contributed by atoms with Crippen LogP contribution in [-0.2, 0) is 4.79 Å². The Kier molecular flexibility index (Phi) is 8.51. The van der Waals surface area contributed by atoms with Crippen LogP contribution in [0.5, 0.6) is 0 Å². The zero-order chi connectivity index (χ0) is 25.1. The van der Waals surface area contributed by atoms with Crippen molar-refractivity contribution in [3.05, 3.63) is 34.2 Å². The molecule has 0 spiro atoms. The van der Waals surface area contributed by atoms with E-state index in [1.807, 2.05) is 29.2 Å². The Morgan fingerprint density at radius 3 is 2.44 bits per heavy atom. The summed E-state index contributed by atoms with van der Waals surface area (Å²) in [6.45, 7) is 5.68. The van der Waals surface area contributed by atoms with E-state index in [1.54, 1.807) is 0 Å². The molecule has 36 heavy (non-hydrogen) atoms. The van der Waals surface area contributed by atoms with Crippen molar-refractivity contribution in [2.75, 3.05) is 46.3 Å². The number of amides is 2. The van der Waals surface area contributed by atoms with Gasteiger partial charge in [0.1, 0.15) is 6.04 Å². The number of thiophene rings is 1. The lowest BCUT2D eigenvalue weighted by atomic mass is 9.84. The van der Waals surface area contributed by atoms with Crippen molar-refractivity contribution in [1.29, 1.82) is 0 Å². The molecule has 0 bridgehead atoms. The fourth-order valence-electron chi connectivity index (χ4n) is 6.21. The minimum atomic E-state index is -0.454. The first kappa shape index (κ1) is 26.0. The number of nitrogens with one attached hydrogen (secondary N) is 1. The Morgan fingerprint density at radius 1 is 1.00 bits per heavy atom. The van der Waals surface area contributed by atoms with Crippen LogP contribution in [-0.4, -0.2) is 84.9 Å². The highest BCUT2D eigenvalue weighted by Gasteiger charge is 2.33. The molecule has 2 amide bonds. The van der Waals surface area contributed by atoms with Crippen molar-refractivity contribution in [1.82, 2.24) is 20.0 Å². The second kappa shape index (κ2) is 11.8. The van der Waals surface area contributed by atoms with Crippen LogP contribution in [0, 0.1) is 5.92 Å². The van der Waals surface area contributed by atoms with E-state index in [0.717, 1.165) is 68.6 Å². The molecule has 1 aromatic carbocycles. The molecule has 2 aromatic rings. The molecule has 1 aromatic heterocycles. The predicted octanol–water partition coefficient (Wildman–Crippen LogP) is 4.86. The standard InChI is InChI=1S/C28H39ClN4O2S/c1-31-11-9-23(10-12-31)32-13-15-33(16-14-32)28(35)24(17-20-5-3-2-4-6-20)30-27(34)26-18-21-7-8-22(29)19-25(21)36-26/h7-8,18-20,23-24H,2-6,9-17H2,1H3,(H,30,34)/t24-/m1/s1. The lowest BCUT2D eigenvalue weighted by molar-refractivity contribution is -0.136. The number of likely N-dealkylation sites (tertiary alicyclic amines) is 1. The normalized spacial score (nSPS) is 22.1. The number of piperidine rings is 1. The molecule has 1 N–H and O–H groups in total. The third-order valence-corrected chi connectivity index (χ3v) is 9.77. The maximum atomic E-state index is 13.8. The summed E-state index contributed by atoms with van der Waals surface area (Å²) in [6.07, 6.45) is 9.23. The Balaban J connectivity index is 1.24. The number of halogens is 1. The number of carbonyl (C=O) groups excluding carboxylic acids is 2. The van der Waals surface area contributed by atoms with E-state index < -0.39 is 6.04 Å². The number of rotatable bonds is 6. The van der Waals surface area contributed by atoms with Gasteiger partial charge in [-0.25, -0.2) is 0 Å². The van der Waals surface area contributed by atoms with Crippen LogP contribution in [0.3, 0.4) is 0 Å². The molecule has 3 heterocycles. The molecule has 0 radical (unpaired) electrons. The number of piperazine rings is 1. The predicted molar refractivity (Wildman–Crippen MR) is 148 cm³/mol. The van der Waals surface area contributed by atoms with Crippen LogP contribution in [0.2, 0.25) is 5.02 Å². The highest BCUT2D eigenvalue weighted by Crippen LogP contribution is 2.30. The molecule has 5 rings (SSSR count). The summed E-state index contributed by atoms with van der Waals surface area (Å²) in [4.78, 5) is 34.7. The monoisotopic (exact) mass is 530 g/mol. The molecular weight excluding hydrogens is 492 g/mol. The second-order valence-electron chi connectivity index (χ2n) is 11.0. The van der Waals surface area contributed by atoms with Crippen molar-refractivity contribution in [3.8, 4) is 0 Å². The lowest BCUT2D eigenvalue weighted by Crippen LogP contribution is -2.57. The molecule has 6 nitrogen and oxygen atoms in total. The van der Waals surface area contributed by atoms with Crippen LogP contribution < -0.4 is 5.32 Å². The van der Waals surface area contributed by atoms with Gasteiger partial charge in [0, 0.05) is 41.9 Å². The topological polar surface area (TPSA) is 55.9 Å². The summed E-state index contributed by atoms with van der Waals surface area (Å²) in [5.74, 6) is 0.460. The third kappa shape index (κ3) is 6.24. The average molecular weight is 531 g/mol. The minimum Gasteiger partial charge on any atom is -0.340 e. The zero-order valence-corrected chi connectivity index (χ0v) is 23.0. The third-order valence-electron chi connectivity index (χ3n) is 8.43. The van der Waals surface area contributed by atoms with E-state index in [4.69, 9.17) is 11.6 Å². The Bertz CT molecular complexity index is 1050. The summed E-state index contributed by atoms with van der Waals surface area (Å²) in [7, 11) is 2.20. The van der Waals surface area contributed by atoms with Crippen LogP contribution in [0.15, 0.2) is 24.3 Å². The summed E-state index contributed by atoms with van der Waals surface area (Å²) in [5.41, 5.74) is 0. The van der Waals surface area contributed by atoms with E-state index in [9.17, 15) is 9.59 Å². The van der Waals surface area contributed by atoms with Crippen molar-refractivity contribution < 1.29 is 9.59 Å². The van der Waals surface area contributed by atoms with Gasteiger partial charge in [0.2, 0.25) is 5.91 Å². The van der Waals surface area contributed by atoms with Gasteiger partial charge in [0.25, 0.3) is 5.91 Å². The van der Waals surface area contributed by atoms with Gasteiger partial charge in [-0.3, -0.25) is 14.5 Å². The zero-order valence-electron chi connectivity index (χ0n) is 21.4. The van der Waals surface area contributed by atoms with E-state index in [1.165, 1.54) is 43.4 Å². The molecule has 196 valence electrons. The molecule has 3 aliphatic rings. The molecule has 1 saturated carbocycles. The summed E-state index contributed by atoms with van der Waals surface area (Å²) < 4.78 is 0.993. The first-order chi connectivity index (χ1) is 17.5. The van der Waals surface area contributed by atoms with E-state index in [0.29, 0.717) is 21.9 Å². The number of benzene rings is 1. The smallest absolute Gasteiger partial charge is 0.262 e. The van der Waals surface area contributed by atoms with Crippen LogP contribution in [0.25, 0.3) is 10.1 Å². The number of hydrogen-bond acceptors (Lipinski definition) is 5. The maximum Gasteiger partial charge on any atom is 0.262 e. The van der Waals surface area contributed by atoms with Crippen LogP contribution >= 0.6 is 22.9 Å². The molecule has 0 unspecified atom stereocenters. The van der Waals surface area contributed by atoms with Crippen molar-refractivity contribution in [2.45, 2.75) is 63.5 Å². The van der Waals surface area contributed by atoms with Crippen molar-refractivity contribution in [2.24, 2.45) is 5.92 Å². The number of hydrogen-bond donors (Lipinski definition) is 1. The van der Waals surface area contributed by atoms with E-state index in [-0.39, 0.29) is 11.8 Å². The number of carbonyl (C=O) groups is 2. The van der Waals surface area contributed by atoms with Gasteiger partial charge < -0.3 is 15.1 Å². The summed E-state index contributed by atoms with van der Waals surface area (Å²) in [6, 6.07) is 7.78. The summed E-state index contributed by atoms with van der Waals surface area (Å²) >= 11 is 7.58. The van der Waals surface area contributed by atoms with Gasteiger partial charge in [0.15, 0.2) is 0 Å². The number of fused-ring (bicyclic) bond motifs is 1. The van der Waals surface area contributed by atoms with Gasteiger partial charge >= 0.3 is 0 Å². The Labute approximate surface area is 223 Å². The molecule has 2 aliphatic heterocycles. The van der Waals surface area contributed by atoms with Crippen molar-refractivity contribution >= 4 is 44.8 Å². The fraction of sp³-hybridized carbons (Fsp3) is 0.643. The van der Waals surface area contributed by atoms with Gasteiger partial charge in [-0.05, 0) is 68.9 Å². The first-order valence-corrected chi connectivity index (χ1v) is 14.9. The Morgan fingerprint density at radius 2 is 1.72 bits per heavy atom. The Hall–Kier alpha value is -1.67. The average Bonchev–Trinajstić information content (AvgIpc) is 3.32. The van der Waals surface area contributed by atoms with Crippen LogP contribution in [0.4, 0.5) is 0 Å². The fourth-order valence-corrected chi connectivity index (χ4v) is 7.45. The van der Waals surface area contributed by atoms with E-state index >= 15 is 0 Å². The first-order valence-electron chi connectivity index (χ1n) is 13.7. The molecule has 8 heteroatoms. The van der Waals surface area contributed by atoms with Crippen LogP contribution in [0.1, 0.15) is 61.0 Å². The molecule has 2 saturated heterocycles. The molecular formula is C28H39ClN4O2S. The molecule has 1 atom stereocenters. The largest absolute Gasteiger partial charge is 0.340 e. The van der Waals surface area contributed by atoms with Crippen molar-refractivity contribution in [3.63, 3.8) is 0 Å². The summed E-state index contributed by atoms with van der Waals surface area (Å²) in [5, 5.41) is 4.84. The van der Waals surface area contributed by atoms with Gasteiger partial charge in [-0.15, -0.1) is 11.3 Å². The SMILES string of the molecule is CN1CCC(N2CCN(C(=O)[C@@H](CC3CCCCC3)NC(=O)c3cc4ccc(Cl)cc4s3)CC2)CC1. The van der Waals surface area contributed by atoms with Gasteiger partial charge in [0.05, 0.1) is 4.88 Å². The quantitative estimate of drug-likeness (QED) is 0.579. The van der Waals surface area contributed by atoms with E-state index in [2.05, 4.69) is 22.2 Å². The van der Waals surface area contributed by atoms with Gasteiger partial charge in [-0.1, -0.05) is 49.8 Å².